The number of methoxy groups -OCH3 is 1. The average molecular weight is 399 g/mol. The fourth-order valence-electron chi connectivity index (χ4n) is 3.38. The quantitative estimate of drug-likeness (QED) is 0.417. The molecule has 1 aliphatic rings. The molecule has 0 spiro atoms. The third kappa shape index (κ3) is 4.68. The number of ether oxygens (including phenoxy) is 1. The molecular weight excluding hydrogens is 378 g/mol. The minimum absolute atomic E-state index is 0.0367. The molecule has 1 saturated heterocycles. The third-order valence-corrected chi connectivity index (χ3v) is 5.08. The second-order valence-electron chi connectivity index (χ2n) is 6.86. The summed E-state index contributed by atoms with van der Waals surface area (Å²) < 4.78 is 6.13. The van der Waals surface area contributed by atoms with Crippen LogP contribution in [0.1, 0.15) is 23.2 Å². The Kier molecular flexibility index (Phi) is 6.06. The first kappa shape index (κ1) is 20.2. The number of nitro groups is 1. The van der Waals surface area contributed by atoms with Gasteiger partial charge in [-0.2, -0.15) is 0 Å². The maximum Gasteiger partial charge on any atom is 0.285 e. The summed E-state index contributed by atoms with van der Waals surface area (Å²) in [5.74, 6) is 0.240. The number of hydrogen-bond acceptors (Lipinski definition) is 6. The molecule has 1 amide bonds. The van der Waals surface area contributed by atoms with Gasteiger partial charge in [0.05, 0.1) is 18.2 Å². The zero-order valence-electron chi connectivity index (χ0n) is 15.9. The lowest BCUT2D eigenvalue weighted by molar-refractivity contribution is -0.385. The summed E-state index contributed by atoms with van der Waals surface area (Å²) in [6, 6.07) is 9.12. The van der Waals surface area contributed by atoms with Crippen LogP contribution in [0.3, 0.4) is 0 Å². The van der Waals surface area contributed by atoms with Crippen LogP contribution in [0.5, 0.6) is 5.75 Å². The van der Waals surface area contributed by atoms with Crippen LogP contribution in [-0.2, 0) is 11.3 Å². The first-order valence-electron chi connectivity index (χ1n) is 9.20. The number of amides is 1. The van der Waals surface area contributed by atoms with Crippen LogP contribution in [0.2, 0.25) is 0 Å². The number of pyridine rings is 1. The molecule has 0 atom stereocenters. The zero-order valence-corrected chi connectivity index (χ0v) is 15.9. The van der Waals surface area contributed by atoms with E-state index in [0.717, 1.165) is 22.9 Å². The molecule has 3 rings (SSSR count). The second-order valence-corrected chi connectivity index (χ2v) is 6.86. The molecule has 9 nitrogen and oxygen atoms in total. The van der Waals surface area contributed by atoms with E-state index < -0.39 is 10.5 Å². The molecule has 2 heterocycles. The highest BCUT2D eigenvalue weighted by Crippen LogP contribution is 2.23. The zero-order chi connectivity index (χ0) is 21.0. The Balaban J connectivity index is 1.59. The number of piperidine rings is 1. The van der Waals surface area contributed by atoms with Crippen molar-refractivity contribution in [2.45, 2.75) is 19.4 Å². The second kappa shape index (κ2) is 8.68. The van der Waals surface area contributed by atoms with Crippen molar-refractivity contribution < 1.29 is 19.2 Å². The van der Waals surface area contributed by atoms with Crippen LogP contribution < -0.4 is 10.3 Å². The molecule has 0 bridgehead atoms. The Hall–Kier alpha value is -3.49. The summed E-state index contributed by atoms with van der Waals surface area (Å²) in [4.78, 5) is 48.9. The first-order valence-corrected chi connectivity index (χ1v) is 9.20. The highest BCUT2D eigenvalue weighted by atomic mass is 16.6. The molecule has 1 aliphatic heterocycles. The van der Waals surface area contributed by atoms with Crippen molar-refractivity contribution in [2.24, 2.45) is 5.92 Å². The Labute approximate surface area is 166 Å². The average Bonchev–Trinajstić information content (AvgIpc) is 2.74. The van der Waals surface area contributed by atoms with E-state index in [1.54, 1.807) is 36.3 Å². The molecule has 2 aromatic rings. The van der Waals surface area contributed by atoms with Crippen LogP contribution in [0.4, 0.5) is 5.69 Å². The van der Waals surface area contributed by atoms with Gasteiger partial charge in [0.1, 0.15) is 12.3 Å². The van der Waals surface area contributed by atoms with Gasteiger partial charge in [-0.1, -0.05) is 0 Å². The topological polar surface area (TPSA) is 112 Å². The number of hydrogen-bond donors (Lipinski definition) is 0. The monoisotopic (exact) mass is 399 g/mol. The lowest BCUT2D eigenvalue weighted by Gasteiger charge is -2.31. The third-order valence-electron chi connectivity index (χ3n) is 5.08. The van der Waals surface area contributed by atoms with Crippen LogP contribution in [0.25, 0.3) is 0 Å². The van der Waals surface area contributed by atoms with Gasteiger partial charge >= 0.3 is 0 Å². The van der Waals surface area contributed by atoms with Gasteiger partial charge < -0.3 is 9.64 Å². The fourth-order valence-corrected chi connectivity index (χ4v) is 3.38. The van der Waals surface area contributed by atoms with E-state index in [9.17, 15) is 24.5 Å². The summed E-state index contributed by atoms with van der Waals surface area (Å²) in [5, 5.41) is 10.9. The van der Waals surface area contributed by atoms with Crippen molar-refractivity contribution in [1.82, 2.24) is 9.47 Å². The van der Waals surface area contributed by atoms with E-state index >= 15 is 0 Å². The van der Waals surface area contributed by atoms with Crippen molar-refractivity contribution in [3.63, 3.8) is 0 Å². The lowest BCUT2D eigenvalue weighted by Crippen LogP contribution is -2.42. The van der Waals surface area contributed by atoms with Crippen molar-refractivity contribution in [3.8, 4) is 5.75 Å². The first-order chi connectivity index (χ1) is 13.9. The minimum Gasteiger partial charge on any atom is -0.497 e. The SMILES string of the molecule is COc1ccc(C(=O)C2CCN(C(=O)Cn3cc([N+](=O)[O-])ccc3=O)CC2)cc1. The molecule has 29 heavy (non-hydrogen) atoms. The van der Waals surface area contributed by atoms with Crippen molar-refractivity contribution in [1.29, 1.82) is 0 Å². The molecule has 0 saturated carbocycles. The van der Waals surface area contributed by atoms with Crippen molar-refractivity contribution in [3.05, 3.63) is 68.6 Å². The normalized spacial score (nSPS) is 14.4. The highest BCUT2D eigenvalue weighted by Gasteiger charge is 2.28. The number of nitrogens with zero attached hydrogens (tertiary/aromatic N) is 3. The smallest absolute Gasteiger partial charge is 0.285 e. The Morgan fingerprint density at radius 3 is 2.38 bits per heavy atom. The van der Waals surface area contributed by atoms with Crippen molar-refractivity contribution in [2.75, 3.05) is 20.2 Å². The van der Waals surface area contributed by atoms with Gasteiger partial charge in [-0.25, -0.2) is 0 Å². The molecule has 0 radical (unpaired) electrons. The summed E-state index contributed by atoms with van der Waals surface area (Å²) in [5.41, 5.74) is -0.117. The van der Waals surface area contributed by atoms with E-state index in [1.807, 2.05) is 0 Å². The molecule has 0 aliphatic carbocycles. The lowest BCUT2D eigenvalue weighted by atomic mass is 9.89. The number of ketones is 1. The van der Waals surface area contributed by atoms with Gasteiger partial charge in [0, 0.05) is 36.7 Å². The Bertz CT molecular complexity index is 974. The van der Waals surface area contributed by atoms with Crippen LogP contribution >= 0.6 is 0 Å². The predicted molar refractivity (Wildman–Crippen MR) is 104 cm³/mol. The van der Waals surface area contributed by atoms with Gasteiger partial charge in [-0.3, -0.25) is 29.1 Å². The largest absolute Gasteiger partial charge is 0.497 e. The molecule has 0 N–H and O–H groups in total. The molecule has 152 valence electrons. The van der Waals surface area contributed by atoms with Gasteiger partial charge in [-0.05, 0) is 37.1 Å². The highest BCUT2D eigenvalue weighted by molar-refractivity contribution is 5.98. The van der Waals surface area contributed by atoms with Crippen LogP contribution in [0, 0.1) is 16.0 Å². The summed E-state index contributed by atoms with van der Waals surface area (Å²) in [6.07, 6.45) is 2.13. The number of benzene rings is 1. The number of likely N-dealkylation sites (tertiary alicyclic amines) is 1. The van der Waals surface area contributed by atoms with Gasteiger partial charge in [0.25, 0.3) is 11.2 Å². The summed E-state index contributed by atoms with van der Waals surface area (Å²) >= 11 is 0. The van der Waals surface area contributed by atoms with Crippen LogP contribution in [0.15, 0.2) is 47.4 Å². The standard InChI is InChI=1S/C20H21N3O6/c1-29-17-5-2-14(3-6-17)20(26)15-8-10-21(11-9-15)19(25)13-22-12-16(23(27)28)4-7-18(22)24/h2-7,12,15H,8-11,13H2,1H3. The molecule has 1 fully saturated rings. The van der Waals surface area contributed by atoms with E-state index in [0.29, 0.717) is 37.2 Å². The Morgan fingerprint density at radius 2 is 1.79 bits per heavy atom. The number of aromatic nitrogens is 1. The maximum atomic E-state index is 12.7. The molecule has 9 heteroatoms. The number of rotatable bonds is 6. The summed E-state index contributed by atoms with van der Waals surface area (Å²) in [6.45, 7) is 0.530. The van der Waals surface area contributed by atoms with Crippen LogP contribution in [-0.4, -0.2) is 46.3 Å². The van der Waals surface area contributed by atoms with Gasteiger partial charge in [-0.15, -0.1) is 0 Å². The Morgan fingerprint density at radius 1 is 1.14 bits per heavy atom. The molecule has 0 unspecified atom stereocenters. The number of carbonyl (C=O) groups excluding carboxylic acids is 2. The van der Waals surface area contributed by atoms with E-state index in [-0.39, 0.29) is 29.8 Å². The van der Waals surface area contributed by atoms with Crippen molar-refractivity contribution >= 4 is 17.4 Å². The van der Waals surface area contributed by atoms with E-state index in [2.05, 4.69) is 0 Å². The van der Waals surface area contributed by atoms with Gasteiger partial charge in [0.2, 0.25) is 5.91 Å². The van der Waals surface area contributed by atoms with E-state index in [4.69, 9.17) is 4.74 Å². The minimum atomic E-state index is -0.614. The predicted octanol–water partition coefficient (Wildman–Crippen LogP) is 1.89. The molecular formula is C20H21N3O6. The van der Waals surface area contributed by atoms with E-state index in [1.165, 1.54) is 0 Å². The molecule has 1 aromatic heterocycles. The van der Waals surface area contributed by atoms with Gasteiger partial charge in [0.15, 0.2) is 5.78 Å². The summed E-state index contributed by atoms with van der Waals surface area (Å²) in [7, 11) is 1.56. The maximum absolute atomic E-state index is 12.7. The fraction of sp³-hybridized carbons (Fsp3) is 0.350. The number of Topliss-reactive ketones (excluding diaryl/α,β-unsaturated/α-hetero) is 1. The molecule has 1 aromatic carbocycles. The number of carbonyl (C=O) groups is 2.